The Bertz CT molecular complexity index is 935. The van der Waals surface area contributed by atoms with E-state index in [1.165, 1.54) is 30.1 Å². The molecule has 0 bridgehead atoms. The number of pyridine rings is 1. The highest BCUT2D eigenvalue weighted by molar-refractivity contribution is 6.01. The maximum atomic E-state index is 13.1. The summed E-state index contributed by atoms with van der Waals surface area (Å²) < 4.78 is 39.3. The molecule has 0 saturated carbocycles. The number of carbonyl (C=O) groups is 1. The summed E-state index contributed by atoms with van der Waals surface area (Å²) >= 11 is 0. The lowest BCUT2D eigenvalue weighted by atomic mass is 10.1. The fourth-order valence-corrected chi connectivity index (χ4v) is 2.70. The molecule has 1 heterocycles. The van der Waals surface area contributed by atoms with Gasteiger partial charge in [0.15, 0.2) is 0 Å². The highest BCUT2D eigenvalue weighted by Gasteiger charge is 2.33. The predicted molar refractivity (Wildman–Crippen MR) is 93.7 cm³/mol. The van der Waals surface area contributed by atoms with E-state index in [0.29, 0.717) is 5.69 Å². The molecule has 0 atom stereocenters. The van der Waals surface area contributed by atoms with Crippen LogP contribution in [0.25, 0.3) is 10.8 Å². The third-order valence-corrected chi connectivity index (χ3v) is 4.00. The Morgan fingerprint density at radius 3 is 2.65 bits per heavy atom. The number of anilines is 1. The number of amides is 2. The first-order chi connectivity index (χ1) is 12.4. The van der Waals surface area contributed by atoms with Crippen LogP contribution < -0.4 is 5.32 Å². The number of hydrogen-bond acceptors (Lipinski definition) is 2. The number of fused-ring (bicyclic) bond motifs is 1. The number of aromatic nitrogens is 1. The third kappa shape index (κ3) is 3.77. The first-order valence-electron chi connectivity index (χ1n) is 7.86. The van der Waals surface area contributed by atoms with Crippen LogP contribution in [0, 0.1) is 0 Å². The minimum Gasteiger partial charge on any atom is -0.323 e. The van der Waals surface area contributed by atoms with E-state index >= 15 is 0 Å². The first kappa shape index (κ1) is 17.7. The molecule has 2 aromatic carbocycles. The van der Waals surface area contributed by atoms with Gasteiger partial charge in [-0.25, -0.2) is 4.79 Å². The number of benzene rings is 2. The number of halogens is 3. The summed E-state index contributed by atoms with van der Waals surface area (Å²) in [7, 11) is 1.45. The molecule has 0 fully saturated rings. The molecule has 1 aromatic heterocycles. The lowest BCUT2D eigenvalue weighted by molar-refractivity contribution is -0.138. The molecule has 134 valence electrons. The Hall–Kier alpha value is -3.09. The van der Waals surface area contributed by atoms with E-state index in [0.717, 1.165) is 16.8 Å². The van der Waals surface area contributed by atoms with Crippen LogP contribution in [0.3, 0.4) is 0 Å². The lowest BCUT2D eigenvalue weighted by Crippen LogP contribution is -2.31. The summed E-state index contributed by atoms with van der Waals surface area (Å²) in [6.45, 7) is -0.159. The maximum absolute atomic E-state index is 13.1. The summed E-state index contributed by atoms with van der Waals surface area (Å²) in [5.41, 5.74) is -0.124. The van der Waals surface area contributed by atoms with Gasteiger partial charge in [-0.2, -0.15) is 13.2 Å². The summed E-state index contributed by atoms with van der Waals surface area (Å²) in [4.78, 5) is 17.7. The van der Waals surface area contributed by atoms with Crippen LogP contribution in [0.15, 0.2) is 60.9 Å². The standard InChI is InChI=1S/C19H16F3N3O/c1-25(12-14-5-2-3-7-16(14)19(20,21)22)18(26)24-17-8-4-6-13-11-23-10-9-15(13)17/h2-11H,12H2,1H3,(H,24,26). The quantitative estimate of drug-likeness (QED) is 0.722. The molecule has 0 aliphatic rings. The van der Waals surface area contributed by atoms with Gasteiger partial charge in [-0.3, -0.25) is 4.98 Å². The fraction of sp³-hybridized carbons (Fsp3) is 0.158. The maximum Gasteiger partial charge on any atom is 0.416 e. The molecule has 1 N–H and O–H groups in total. The average Bonchev–Trinajstić information content (AvgIpc) is 2.61. The minimum absolute atomic E-state index is 0.0415. The Kier molecular flexibility index (Phi) is 4.79. The number of alkyl halides is 3. The number of nitrogens with zero attached hydrogens (tertiary/aromatic N) is 2. The monoisotopic (exact) mass is 359 g/mol. The SMILES string of the molecule is CN(Cc1ccccc1C(F)(F)F)C(=O)Nc1cccc2cnccc12. The number of urea groups is 1. The number of nitrogens with one attached hydrogen (secondary N) is 1. The smallest absolute Gasteiger partial charge is 0.323 e. The van der Waals surface area contributed by atoms with Gasteiger partial charge in [0, 0.05) is 36.8 Å². The molecule has 0 saturated heterocycles. The molecule has 0 unspecified atom stereocenters. The summed E-state index contributed by atoms with van der Waals surface area (Å²) in [5, 5.41) is 4.40. The van der Waals surface area contributed by atoms with E-state index < -0.39 is 17.8 Å². The Labute approximate surface area is 148 Å². The van der Waals surface area contributed by atoms with Crippen molar-refractivity contribution in [3.8, 4) is 0 Å². The fourth-order valence-electron chi connectivity index (χ4n) is 2.70. The molecule has 0 aliphatic carbocycles. The van der Waals surface area contributed by atoms with Crippen molar-refractivity contribution >= 4 is 22.5 Å². The van der Waals surface area contributed by atoms with Crippen molar-refractivity contribution in [1.29, 1.82) is 0 Å². The van der Waals surface area contributed by atoms with Gasteiger partial charge in [-0.15, -0.1) is 0 Å². The molecule has 0 aliphatic heterocycles. The van der Waals surface area contributed by atoms with Crippen LogP contribution in [-0.2, 0) is 12.7 Å². The minimum atomic E-state index is -4.46. The predicted octanol–water partition coefficient (Wildman–Crippen LogP) is 4.92. The van der Waals surface area contributed by atoms with Crippen LogP contribution >= 0.6 is 0 Å². The van der Waals surface area contributed by atoms with E-state index in [2.05, 4.69) is 10.3 Å². The zero-order valence-electron chi connectivity index (χ0n) is 13.9. The van der Waals surface area contributed by atoms with Gasteiger partial charge in [0.2, 0.25) is 0 Å². The topological polar surface area (TPSA) is 45.2 Å². The number of carbonyl (C=O) groups excluding carboxylic acids is 1. The lowest BCUT2D eigenvalue weighted by Gasteiger charge is -2.21. The van der Waals surface area contributed by atoms with Crippen LogP contribution in [-0.4, -0.2) is 23.0 Å². The highest BCUT2D eigenvalue weighted by Crippen LogP contribution is 2.32. The van der Waals surface area contributed by atoms with Gasteiger partial charge in [0.05, 0.1) is 11.3 Å². The first-order valence-corrected chi connectivity index (χ1v) is 7.86. The van der Waals surface area contributed by atoms with E-state index in [-0.39, 0.29) is 12.1 Å². The van der Waals surface area contributed by atoms with Gasteiger partial charge < -0.3 is 10.2 Å². The molecule has 7 heteroatoms. The zero-order chi connectivity index (χ0) is 18.7. The second kappa shape index (κ2) is 7.03. The molecular weight excluding hydrogens is 343 g/mol. The zero-order valence-corrected chi connectivity index (χ0v) is 13.9. The van der Waals surface area contributed by atoms with Crippen molar-refractivity contribution < 1.29 is 18.0 Å². The van der Waals surface area contributed by atoms with Crippen molar-refractivity contribution in [3.05, 3.63) is 72.1 Å². The molecule has 4 nitrogen and oxygen atoms in total. The van der Waals surface area contributed by atoms with Crippen LogP contribution in [0.2, 0.25) is 0 Å². The normalized spacial score (nSPS) is 11.4. The van der Waals surface area contributed by atoms with Crippen LogP contribution in [0.5, 0.6) is 0 Å². The Morgan fingerprint density at radius 2 is 1.88 bits per heavy atom. The molecule has 3 rings (SSSR count). The second-order valence-corrected chi connectivity index (χ2v) is 5.84. The molecule has 3 aromatic rings. The van der Waals surface area contributed by atoms with Gasteiger partial charge >= 0.3 is 12.2 Å². The van der Waals surface area contributed by atoms with Crippen molar-refractivity contribution in [3.63, 3.8) is 0 Å². The highest BCUT2D eigenvalue weighted by atomic mass is 19.4. The molecule has 2 amide bonds. The largest absolute Gasteiger partial charge is 0.416 e. The van der Waals surface area contributed by atoms with E-state index in [1.807, 2.05) is 6.07 Å². The summed E-state index contributed by atoms with van der Waals surface area (Å²) in [5.74, 6) is 0. The second-order valence-electron chi connectivity index (χ2n) is 5.84. The van der Waals surface area contributed by atoms with Crippen LogP contribution in [0.1, 0.15) is 11.1 Å². The number of rotatable bonds is 3. The molecule has 0 spiro atoms. The van der Waals surface area contributed by atoms with E-state index in [1.54, 1.807) is 30.6 Å². The van der Waals surface area contributed by atoms with E-state index in [4.69, 9.17) is 0 Å². The van der Waals surface area contributed by atoms with Crippen molar-refractivity contribution in [2.75, 3.05) is 12.4 Å². The van der Waals surface area contributed by atoms with E-state index in [9.17, 15) is 18.0 Å². The van der Waals surface area contributed by atoms with Gasteiger partial charge in [0.25, 0.3) is 0 Å². The Morgan fingerprint density at radius 1 is 1.12 bits per heavy atom. The van der Waals surface area contributed by atoms with Gasteiger partial charge in [-0.1, -0.05) is 30.3 Å². The van der Waals surface area contributed by atoms with Gasteiger partial charge in [-0.05, 0) is 23.8 Å². The van der Waals surface area contributed by atoms with Crippen molar-refractivity contribution in [1.82, 2.24) is 9.88 Å². The Balaban J connectivity index is 1.79. The summed E-state index contributed by atoms with van der Waals surface area (Å²) in [6, 6.07) is 11.9. The van der Waals surface area contributed by atoms with Crippen LogP contribution in [0.4, 0.5) is 23.7 Å². The number of hydrogen-bond donors (Lipinski definition) is 1. The average molecular weight is 359 g/mol. The van der Waals surface area contributed by atoms with Crippen molar-refractivity contribution in [2.45, 2.75) is 12.7 Å². The third-order valence-electron chi connectivity index (χ3n) is 4.00. The van der Waals surface area contributed by atoms with Gasteiger partial charge in [0.1, 0.15) is 0 Å². The van der Waals surface area contributed by atoms with Crippen molar-refractivity contribution in [2.24, 2.45) is 0 Å². The molecular formula is C19H16F3N3O. The molecule has 0 radical (unpaired) electrons. The summed E-state index contributed by atoms with van der Waals surface area (Å²) in [6.07, 6.45) is -1.17. The molecule has 26 heavy (non-hydrogen) atoms.